The van der Waals surface area contributed by atoms with Gasteiger partial charge >= 0.3 is 0 Å². The Labute approximate surface area is 130 Å². The van der Waals surface area contributed by atoms with E-state index in [2.05, 4.69) is 36.8 Å². The van der Waals surface area contributed by atoms with E-state index in [4.69, 9.17) is 0 Å². The zero-order chi connectivity index (χ0) is 15.5. The summed E-state index contributed by atoms with van der Waals surface area (Å²) in [5.74, 6) is 2.67. The van der Waals surface area contributed by atoms with Crippen LogP contribution >= 0.6 is 0 Å². The highest BCUT2D eigenvalue weighted by atomic mass is 15.3. The van der Waals surface area contributed by atoms with E-state index >= 15 is 0 Å². The van der Waals surface area contributed by atoms with Gasteiger partial charge in [-0.1, -0.05) is 0 Å². The zero-order valence-corrected chi connectivity index (χ0v) is 13.2. The molecule has 2 aromatic rings. The summed E-state index contributed by atoms with van der Waals surface area (Å²) in [6.45, 7) is 1.89. The smallest absolute Gasteiger partial charge is 0.225 e. The predicted octanol–water partition coefficient (Wildman–Crippen LogP) is 1.05. The second-order valence-corrected chi connectivity index (χ2v) is 5.68. The van der Waals surface area contributed by atoms with Crippen LogP contribution in [0.2, 0.25) is 0 Å². The lowest BCUT2D eigenvalue weighted by molar-refractivity contribution is 0.674. The van der Waals surface area contributed by atoms with Crippen molar-refractivity contribution in [2.75, 3.05) is 48.9 Å². The van der Waals surface area contributed by atoms with Crippen LogP contribution in [0.25, 0.3) is 0 Å². The number of nitrogens with zero attached hydrogens (tertiary/aromatic N) is 7. The molecule has 0 amide bonds. The largest absolute Gasteiger partial charge is 0.363 e. The lowest BCUT2D eigenvalue weighted by atomic mass is 10.2. The summed E-state index contributed by atoms with van der Waals surface area (Å²) in [7, 11) is 6.02. The molecule has 1 unspecified atom stereocenters. The first-order valence-electron chi connectivity index (χ1n) is 7.39. The maximum absolute atomic E-state index is 4.41. The highest BCUT2D eigenvalue weighted by Crippen LogP contribution is 2.24. The summed E-state index contributed by atoms with van der Waals surface area (Å²) in [5.41, 5.74) is 0. The van der Waals surface area contributed by atoms with Gasteiger partial charge < -0.3 is 14.7 Å². The Morgan fingerprint density at radius 3 is 2.59 bits per heavy atom. The van der Waals surface area contributed by atoms with E-state index in [1.807, 2.05) is 31.1 Å². The minimum atomic E-state index is 0.389. The van der Waals surface area contributed by atoms with Crippen molar-refractivity contribution in [1.29, 1.82) is 0 Å². The first kappa shape index (κ1) is 14.5. The SMILES string of the molecule is CN(C)c1cc(N2CCC(N(C)c3ncccn3)C2)ncn1. The second kappa shape index (κ2) is 6.13. The second-order valence-electron chi connectivity index (χ2n) is 5.68. The molecule has 0 aliphatic carbocycles. The number of hydrogen-bond donors (Lipinski definition) is 0. The molecule has 3 heterocycles. The Morgan fingerprint density at radius 1 is 1.09 bits per heavy atom. The number of rotatable bonds is 4. The van der Waals surface area contributed by atoms with Gasteiger partial charge in [0, 0.05) is 52.7 Å². The molecule has 0 spiro atoms. The molecule has 0 bridgehead atoms. The van der Waals surface area contributed by atoms with Crippen LogP contribution in [-0.2, 0) is 0 Å². The van der Waals surface area contributed by atoms with E-state index in [1.54, 1.807) is 18.7 Å². The first-order valence-corrected chi connectivity index (χ1v) is 7.39. The van der Waals surface area contributed by atoms with E-state index in [0.29, 0.717) is 6.04 Å². The van der Waals surface area contributed by atoms with Crippen molar-refractivity contribution < 1.29 is 0 Å². The molecule has 7 nitrogen and oxygen atoms in total. The summed E-state index contributed by atoms with van der Waals surface area (Å²) in [4.78, 5) is 23.7. The summed E-state index contributed by atoms with van der Waals surface area (Å²) in [6.07, 6.45) is 6.25. The molecular formula is C15H21N7. The third-order valence-corrected chi connectivity index (χ3v) is 4.00. The topological polar surface area (TPSA) is 61.3 Å². The van der Waals surface area contributed by atoms with E-state index in [-0.39, 0.29) is 0 Å². The molecule has 0 N–H and O–H groups in total. The van der Waals surface area contributed by atoms with Gasteiger partial charge in [0.15, 0.2) is 0 Å². The van der Waals surface area contributed by atoms with E-state index in [9.17, 15) is 0 Å². The van der Waals surface area contributed by atoms with Crippen molar-refractivity contribution in [3.8, 4) is 0 Å². The molecule has 0 aromatic carbocycles. The zero-order valence-electron chi connectivity index (χ0n) is 13.2. The van der Waals surface area contributed by atoms with Crippen molar-refractivity contribution in [1.82, 2.24) is 19.9 Å². The molecule has 1 saturated heterocycles. The van der Waals surface area contributed by atoms with Crippen LogP contribution < -0.4 is 14.7 Å². The Morgan fingerprint density at radius 2 is 1.86 bits per heavy atom. The maximum Gasteiger partial charge on any atom is 0.225 e. The van der Waals surface area contributed by atoms with Crippen molar-refractivity contribution in [2.45, 2.75) is 12.5 Å². The number of likely N-dealkylation sites (N-methyl/N-ethyl adjacent to an activating group) is 1. The molecular weight excluding hydrogens is 278 g/mol. The van der Waals surface area contributed by atoms with Crippen molar-refractivity contribution >= 4 is 17.6 Å². The fourth-order valence-electron chi connectivity index (χ4n) is 2.66. The Hall–Kier alpha value is -2.44. The summed E-state index contributed by atoms with van der Waals surface area (Å²) < 4.78 is 0. The Balaban J connectivity index is 1.71. The van der Waals surface area contributed by atoms with Crippen molar-refractivity contribution in [3.63, 3.8) is 0 Å². The average Bonchev–Trinajstić information content (AvgIpc) is 3.05. The summed E-state index contributed by atoms with van der Waals surface area (Å²) in [6, 6.07) is 4.25. The van der Waals surface area contributed by atoms with Gasteiger partial charge in [-0.25, -0.2) is 19.9 Å². The van der Waals surface area contributed by atoms with Gasteiger partial charge in [-0.15, -0.1) is 0 Å². The highest BCUT2D eigenvalue weighted by molar-refractivity contribution is 5.50. The van der Waals surface area contributed by atoms with Gasteiger partial charge in [-0.05, 0) is 12.5 Å². The van der Waals surface area contributed by atoms with Crippen LogP contribution in [0, 0.1) is 0 Å². The van der Waals surface area contributed by atoms with Crippen LogP contribution in [-0.4, -0.2) is 60.2 Å². The normalized spacial score (nSPS) is 17.6. The van der Waals surface area contributed by atoms with Crippen LogP contribution in [0.1, 0.15) is 6.42 Å². The number of anilines is 3. The first-order chi connectivity index (χ1) is 10.6. The fourth-order valence-corrected chi connectivity index (χ4v) is 2.66. The third-order valence-electron chi connectivity index (χ3n) is 4.00. The molecule has 0 saturated carbocycles. The maximum atomic E-state index is 4.41. The van der Waals surface area contributed by atoms with Crippen LogP contribution in [0.4, 0.5) is 17.6 Å². The quantitative estimate of drug-likeness (QED) is 0.836. The number of aromatic nitrogens is 4. The molecule has 1 aliphatic heterocycles. The summed E-state index contributed by atoms with van der Waals surface area (Å²) >= 11 is 0. The van der Waals surface area contributed by atoms with E-state index in [0.717, 1.165) is 37.1 Å². The molecule has 22 heavy (non-hydrogen) atoms. The van der Waals surface area contributed by atoms with Gasteiger partial charge in [0.2, 0.25) is 5.95 Å². The van der Waals surface area contributed by atoms with Gasteiger partial charge in [0.25, 0.3) is 0 Å². The highest BCUT2D eigenvalue weighted by Gasteiger charge is 2.28. The lowest BCUT2D eigenvalue weighted by Crippen LogP contribution is -2.35. The minimum Gasteiger partial charge on any atom is -0.363 e. The fraction of sp³-hybridized carbons (Fsp3) is 0.467. The van der Waals surface area contributed by atoms with E-state index in [1.165, 1.54) is 0 Å². The molecule has 1 atom stereocenters. The van der Waals surface area contributed by atoms with Gasteiger partial charge in [-0.3, -0.25) is 0 Å². The van der Waals surface area contributed by atoms with Crippen LogP contribution in [0.5, 0.6) is 0 Å². The molecule has 3 rings (SSSR count). The number of hydrogen-bond acceptors (Lipinski definition) is 7. The average molecular weight is 299 g/mol. The summed E-state index contributed by atoms with van der Waals surface area (Å²) in [5, 5.41) is 0. The molecule has 116 valence electrons. The third kappa shape index (κ3) is 2.93. The molecule has 1 aliphatic rings. The van der Waals surface area contributed by atoms with Gasteiger partial charge in [0.1, 0.15) is 18.0 Å². The molecule has 2 aromatic heterocycles. The molecule has 1 fully saturated rings. The van der Waals surface area contributed by atoms with Crippen LogP contribution in [0.15, 0.2) is 30.9 Å². The Kier molecular flexibility index (Phi) is 4.04. The monoisotopic (exact) mass is 299 g/mol. The van der Waals surface area contributed by atoms with E-state index < -0.39 is 0 Å². The minimum absolute atomic E-state index is 0.389. The van der Waals surface area contributed by atoms with Crippen molar-refractivity contribution in [2.24, 2.45) is 0 Å². The van der Waals surface area contributed by atoms with Crippen molar-refractivity contribution in [3.05, 3.63) is 30.9 Å². The lowest BCUT2D eigenvalue weighted by Gasteiger charge is -2.25. The standard InChI is InChI=1S/C15H21N7/c1-20(2)13-9-14(19-11-18-13)22-8-5-12(10-22)21(3)15-16-6-4-7-17-15/h4,6-7,9,11-12H,5,8,10H2,1-3H3. The van der Waals surface area contributed by atoms with Gasteiger partial charge in [-0.2, -0.15) is 0 Å². The Bertz CT molecular complexity index is 616. The van der Waals surface area contributed by atoms with Gasteiger partial charge in [0.05, 0.1) is 6.04 Å². The molecule has 7 heteroatoms. The predicted molar refractivity (Wildman–Crippen MR) is 87.4 cm³/mol. The van der Waals surface area contributed by atoms with Crippen LogP contribution in [0.3, 0.4) is 0 Å². The molecule has 0 radical (unpaired) electrons.